The van der Waals surface area contributed by atoms with Crippen LogP contribution < -0.4 is 0 Å². The fourth-order valence-corrected chi connectivity index (χ4v) is 2.84. The van der Waals surface area contributed by atoms with Crippen LogP contribution in [-0.2, 0) is 13.8 Å². The van der Waals surface area contributed by atoms with Gasteiger partial charge >= 0.3 is 5.97 Å². The van der Waals surface area contributed by atoms with Crippen LogP contribution in [0.25, 0.3) is 0 Å². The van der Waals surface area contributed by atoms with E-state index in [0.717, 1.165) is 0 Å². The van der Waals surface area contributed by atoms with Gasteiger partial charge in [0.25, 0.3) is 9.05 Å². The molecular weight excluding hydrogens is 287 g/mol. The zero-order chi connectivity index (χ0) is 13.2. The Labute approximate surface area is 109 Å². The Morgan fingerprint density at radius 1 is 1.41 bits per heavy atom. The first-order chi connectivity index (χ1) is 7.77. The maximum Gasteiger partial charge on any atom is 0.338 e. The first-order valence-corrected chi connectivity index (χ1v) is 7.38. The minimum Gasteiger partial charge on any atom is -0.462 e. The molecular formula is C10H10Cl2O4S. The van der Waals surface area contributed by atoms with Gasteiger partial charge in [-0.3, -0.25) is 0 Å². The first kappa shape index (κ1) is 14.3. The lowest BCUT2D eigenvalue weighted by atomic mass is 10.1. The normalized spacial score (nSPS) is 11.3. The highest BCUT2D eigenvalue weighted by molar-refractivity contribution is 8.13. The fourth-order valence-electron chi connectivity index (χ4n) is 1.33. The molecule has 0 N–H and O–H groups in total. The zero-order valence-electron chi connectivity index (χ0n) is 9.16. The number of hydrogen-bond donors (Lipinski definition) is 0. The molecule has 1 aromatic carbocycles. The van der Waals surface area contributed by atoms with E-state index >= 15 is 0 Å². The van der Waals surface area contributed by atoms with Gasteiger partial charge in [0.2, 0.25) is 0 Å². The van der Waals surface area contributed by atoms with Crippen LogP contribution in [-0.4, -0.2) is 21.0 Å². The van der Waals surface area contributed by atoms with Crippen molar-refractivity contribution in [1.29, 1.82) is 0 Å². The summed E-state index contributed by atoms with van der Waals surface area (Å²) in [5.74, 6) is -0.630. The number of rotatable bonds is 3. The van der Waals surface area contributed by atoms with E-state index in [9.17, 15) is 13.2 Å². The van der Waals surface area contributed by atoms with Crippen LogP contribution in [0.4, 0.5) is 0 Å². The molecule has 1 rings (SSSR count). The molecule has 0 heterocycles. The Bertz CT molecular complexity index is 552. The summed E-state index contributed by atoms with van der Waals surface area (Å²) in [6, 6.07) is 2.54. The fraction of sp³-hybridized carbons (Fsp3) is 0.300. The predicted octanol–water partition coefficient (Wildman–Crippen LogP) is 2.75. The molecule has 0 unspecified atom stereocenters. The van der Waals surface area contributed by atoms with Crippen molar-refractivity contribution in [2.24, 2.45) is 0 Å². The van der Waals surface area contributed by atoms with Crippen molar-refractivity contribution in [3.05, 3.63) is 28.3 Å². The van der Waals surface area contributed by atoms with Crippen LogP contribution in [0.15, 0.2) is 17.0 Å². The summed E-state index contributed by atoms with van der Waals surface area (Å²) in [6.45, 7) is 3.31. The molecule has 17 heavy (non-hydrogen) atoms. The standard InChI is InChI=1S/C10H10Cl2O4S/c1-3-16-10(13)8-4-7(11)5-9(6(8)2)17(12,14)15/h4-5H,3H2,1-2H3. The number of hydrogen-bond acceptors (Lipinski definition) is 4. The van der Waals surface area contributed by atoms with Crippen LogP contribution in [0.3, 0.4) is 0 Å². The SMILES string of the molecule is CCOC(=O)c1cc(Cl)cc(S(=O)(=O)Cl)c1C. The lowest BCUT2D eigenvalue weighted by molar-refractivity contribution is 0.0525. The summed E-state index contributed by atoms with van der Waals surface area (Å²) in [6.07, 6.45) is 0. The largest absolute Gasteiger partial charge is 0.462 e. The van der Waals surface area contributed by atoms with Gasteiger partial charge < -0.3 is 4.74 Å². The minimum atomic E-state index is -3.95. The van der Waals surface area contributed by atoms with Gasteiger partial charge in [0, 0.05) is 15.7 Å². The lowest BCUT2D eigenvalue weighted by Crippen LogP contribution is -2.09. The third-order valence-electron chi connectivity index (χ3n) is 2.08. The van der Waals surface area contributed by atoms with Crippen LogP contribution in [0.2, 0.25) is 5.02 Å². The number of esters is 1. The molecule has 0 aliphatic carbocycles. The van der Waals surface area contributed by atoms with Crippen LogP contribution in [0, 0.1) is 6.92 Å². The molecule has 0 aliphatic rings. The number of halogens is 2. The van der Waals surface area contributed by atoms with Crippen molar-refractivity contribution >= 4 is 37.3 Å². The average molecular weight is 297 g/mol. The van der Waals surface area contributed by atoms with Gasteiger partial charge in [-0.25, -0.2) is 13.2 Å². The highest BCUT2D eigenvalue weighted by Gasteiger charge is 2.21. The van der Waals surface area contributed by atoms with Crippen LogP contribution in [0.5, 0.6) is 0 Å². The number of carbonyl (C=O) groups is 1. The highest BCUT2D eigenvalue weighted by Crippen LogP contribution is 2.27. The van der Waals surface area contributed by atoms with Crippen molar-refractivity contribution in [2.75, 3.05) is 6.61 Å². The summed E-state index contributed by atoms with van der Waals surface area (Å²) in [5, 5.41) is 0.109. The molecule has 0 aliphatic heterocycles. The third-order valence-corrected chi connectivity index (χ3v) is 3.75. The van der Waals surface area contributed by atoms with E-state index in [4.69, 9.17) is 27.0 Å². The molecule has 0 saturated carbocycles. The first-order valence-electron chi connectivity index (χ1n) is 4.69. The van der Waals surface area contributed by atoms with Crippen molar-refractivity contribution in [3.8, 4) is 0 Å². The summed E-state index contributed by atoms with van der Waals surface area (Å²) >= 11 is 5.74. The second-order valence-corrected chi connectivity index (χ2v) is 6.21. The topological polar surface area (TPSA) is 60.4 Å². The van der Waals surface area contributed by atoms with Gasteiger partial charge in [-0.2, -0.15) is 0 Å². The molecule has 4 nitrogen and oxygen atoms in total. The van der Waals surface area contributed by atoms with Gasteiger partial charge in [0.05, 0.1) is 17.1 Å². The highest BCUT2D eigenvalue weighted by atomic mass is 35.7. The van der Waals surface area contributed by atoms with E-state index in [1.807, 2.05) is 0 Å². The number of carbonyl (C=O) groups excluding carboxylic acids is 1. The second kappa shape index (κ2) is 5.25. The Kier molecular flexibility index (Phi) is 4.41. The molecule has 0 amide bonds. The molecule has 0 saturated heterocycles. The quantitative estimate of drug-likeness (QED) is 0.636. The summed E-state index contributed by atoms with van der Waals surface area (Å²) in [7, 11) is 1.30. The van der Waals surface area contributed by atoms with Crippen molar-refractivity contribution in [3.63, 3.8) is 0 Å². The van der Waals surface area contributed by atoms with Gasteiger partial charge in [-0.15, -0.1) is 0 Å². The Morgan fingerprint density at radius 3 is 2.47 bits per heavy atom. The van der Waals surface area contributed by atoms with E-state index in [0.29, 0.717) is 0 Å². The molecule has 0 spiro atoms. The predicted molar refractivity (Wildman–Crippen MR) is 65.2 cm³/mol. The van der Waals surface area contributed by atoms with Gasteiger partial charge in [0.15, 0.2) is 0 Å². The molecule has 0 aromatic heterocycles. The maximum absolute atomic E-state index is 11.6. The van der Waals surface area contributed by atoms with E-state index in [1.165, 1.54) is 19.1 Å². The van der Waals surface area contributed by atoms with Crippen molar-refractivity contribution < 1.29 is 17.9 Å². The lowest BCUT2D eigenvalue weighted by Gasteiger charge is -2.09. The van der Waals surface area contributed by atoms with Crippen molar-refractivity contribution in [2.45, 2.75) is 18.7 Å². The average Bonchev–Trinajstić information content (AvgIpc) is 2.19. The third kappa shape index (κ3) is 3.34. The molecule has 94 valence electrons. The van der Waals surface area contributed by atoms with Crippen LogP contribution in [0.1, 0.15) is 22.8 Å². The number of benzene rings is 1. The molecule has 0 radical (unpaired) electrons. The smallest absolute Gasteiger partial charge is 0.338 e. The summed E-state index contributed by atoms with van der Waals surface area (Å²) in [5.41, 5.74) is 0.321. The summed E-state index contributed by atoms with van der Waals surface area (Å²) < 4.78 is 27.4. The molecule has 0 fully saturated rings. The van der Waals surface area contributed by atoms with Gasteiger partial charge in [-0.1, -0.05) is 11.6 Å². The van der Waals surface area contributed by atoms with E-state index < -0.39 is 15.0 Å². The van der Waals surface area contributed by atoms with E-state index in [2.05, 4.69) is 0 Å². The number of ether oxygens (including phenoxy) is 1. The van der Waals surface area contributed by atoms with Gasteiger partial charge in [-0.05, 0) is 31.5 Å². The second-order valence-electron chi connectivity index (χ2n) is 3.23. The zero-order valence-corrected chi connectivity index (χ0v) is 11.5. The molecule has 7 heteroatoms. The van der Waals surface area contributed by atoms with Crippen molar-refractivity contribution in [1.82, 2.24) is 0 Å². The molecule has 0 bridgehead atoms. The summed E-state index contributed by atoms with van der Waals surface area (Å²) in [4.78, 5) is 11.4. The monoisotopic (exact) mass is 296 g/mol. The van der Waals surface area contributed by atoms with Crippen LogP contribution >= 0.6 is 22.3 Å². The van der Waals surface area contributed by atoms with Gasteiger partial charge in [0.1, 0.15) is 0 Å². The van der Waals surface area contributed by atoms with E-state index in [-0.39, 0.29) is 27.7 Å². The Hall–Kier alpha value is -0.780. The van der Waals surface area contributed by atoms with E-state index in [1.54, 1.807) is 6.92 Å². The Balaban J connectivity index is 3.44. The Morgan fingerprint density at radius 2 is 2.00 bits per heavy atom. The molecule has 1 aromatic rings. The minimum absolute atomic E-state index is 0.0959. The molecule has 0 atom stereocenters. The maximum atomic E-state index is 11.6.